The fourth-order valence-electron chi connectivity index (χ4n) is 5.28. The van der Waals surface area contributed by atoms with Gasteiger partial charge in [0.05, 0.1) is 29.8 Å². The maximum absolute atomic E-state index is 13.8. The molecule has 0 bridgehead atoms. The van der Waals surface area contributed by atoms with E-state index in [1.165, 1.54) is 10.4 Å². The second-order valence-corrected chi connectivity index (χ2v) is 11.5. The molecule has 1 saturated heterocycles. The molecule has 2 aromatic heterocycles. The maximum atomic E-state index is 13.8. The van der Waals surface area contributed by atoms with E-state index in [2.05, 4.69) is 29.3 Å². The first-order chi connectivity index (χ1) is 17.1. The third kappa shape index (κ3) is 5.69. The summed E-state index contributed by atoms with van der Waals surface area (Å²) in [7, 11) is 0. The van der Waals surface area contributed by atoms with Gasteiger partial charge in [-0.25, -0.2) is 5.01 Å². The molecule has 2 aromatic rings. The van der Waals surface area contributed by atoms with Crippen LogP contribution in [-0.2, 0) is 14.3 Å². The zero-order valence-corrected chi connectivity index (χ0v) is 22.0. The maximum Gasteiger partial charge on any atom is 0.262 e. The molecule has 0 aromatic carbocycles. The Morgan fingerprint density at radius 1 is 1.14 bits per heavy atom. The average Bonchev–Trinajstić information content (AvgIpc) is 3.68. The summed E-state index contributed by atoms with van der Waals surface area (Å²) >= 11 is 3.33. The van der Waals surface area contributed by atoms with Gasteiger partial charge in [0, 0.05) is 43.4 Å². The molecule has 5 rings (SSSR count). The molecule has 35 heavy (non-hydrogen) atoms. The largest absolute Gasteiger partial charge is 0.379 e. The molecule has 1 aliphatic carbocycles. The van der Waals surface area contributed by atoms with Gasteiger partial charge in [-0.05, 0) is 48.2 Å². The van der Waals surface area contributed by atoms with Crippen LogP contribution in [0.5, 0.6) is 0 Å². The van der Waals surface area contributed by atoms with Gasteiger partial charge in [0.25, 0.3) is 5.91 Å². The third-order valence-corrected chi connectivity index (χ3v) is 9.35. The second-order valence-electron chi connectivity index (χ2n) is 9.65. The lowest BCUT2D eigenvalue weighted by molar-refractivity contribution is -0.144. The van der Waals surface area contributed by atoms with Crippen LogP contribution in [-0.4, -0.2) is 78.3 Å². The van der Waals surface area contributed by atoms with Crippen molar-refractivity contribution in [3.63, 3.8) is 0 Å². The SMILES string of the molecule is Cc1ccsc1[C@H]1CC(c2cccs2)=NN1C(=O)CN(CCN1CCOCC1)C(=O)C1CCCC1. The van der Waals surface area contributed by atoms with Gasteiger partial charge in [-0.15, -0.1) is 22.7 Å². The number of amides is 2. The predicted molar refractivity (Wildman–Crippen MR) is 140 cm³/mol. The minimum absolute atomic E-state index is 0.0478. The van der Waals surface area contributed by atoms with Crippen molar-refractivity contribution in [3.8, 4) is 0 Å². The van der Waals surface area contributed by atoms with Crippen molar-refractivity contribution in [2.75, 3.05) is 45.9 Å². The van der Waals surface area contributed by atoms with Crippen LogP contribution in [0, 0.1) is 12.8 Å². The summed E-state index contributed by atoms with van der Waals surface area (Å²) in [5, 5.41) is 10.6. The summed E-state index contributed by atoms with van der Waals surface area (Å²) < 4.78 is 5.47. The zero-order chi connectivity index (χ0) is 24.2. The molecule has 0 spiro atoms. The zero-order valence-electron chi connectivity index (χ0n) is 20.4. The van der Waals surface area contributed by atoms with Gasteiger partial charge in [0.2, 0.25) is 5.91 Å². The van der Waals surface area contributed by atoms with Gasteiger partial charge in [-0.3, -0.25) is 14.5 Å². The normalized spacial score (nSPS) is 21.5. The topological polar surface area (TPSA) is 65.5 Å². The Bertz CT molecular complexity index is 1040. The molecule has 1 saturated carbocycles. The molecule has 2 aliphatic heterocycles. The van der Waals surface area contributed by atoms with Gasteiger partial charge in [0.1, 0.15) is 6.54 Å². The molecule has 3 aliphatic rings. The first-order valence-electron chi connectivity index (χ1n) is 12.7. The van der Waals surface area contributed by atoms with E-state index >= 15 is 0 Å². The Labute approximate surface area is 215 Å². The van der Waals surface area contributed by atoms with Crippen LogP contribution in [0.1, 0.15) is 53.5 Å². The molecule has 0 radical (unpaired) electrons. The second kappa shape index (κ2) is 11.3. The van der Waals surface area contributed by atoms with Crippen molar-refractivity contribution in [2.24, 2.45) is 11.0 Å². The molecule has 188 valence electrons. The van der Waals surface area contributed by atoms with Crippen molar-refractivity contribution in [2.45, 2.75) is 45.1 Å². The lowest BCUT2D eigenvalue weighted by Gasteiger charge is -2.32. The van der Waals surface area contributed by atoms with E-state index < -0.39 is 0 Å². The van der Waals surface area contributed by atoms with Gasteiger partial charge in [-0.1, -0.05) is 18.9 Å². The number of hydrazone groups is 1. The monoisotopic (exact) mass is 514 g/mol. The van der Waals surface area contributed by atoms with E-state index in [-0.39, 0.29) is 30.3 Å². The number of rotatable bonds is 8. The van der Waals surface area contributed by atoms with E-state index in [1.807, 2.05) is 16.3 Å². The quantitative estimate of drug-likeness (QED) is 0.531. The smallest absolute Gasteiger partial charge is 0.262 e. The van der Waals surface area contributed by atoms with Crippen molar-refractivity contribution < 1.29 is 14.3 Å². The Hall–Kier alpha value is -2.07. The van der Waals surface area contributed by atoms with Crippen LogP contribution >= 0.6 is 22.7 Å². The van der Waals surface area contributed by atoms with Crippen LogP contribution in [0.2, 0.25) is 0 Å². The molecule has 4 heterocycles. The molecular weight excluding hydrogens is 480 g/mol. The van der Waals surface area contributed by atoms with E-state index in [1.54, 1.807) is 27.7 Å². The third-order valence-electron chi connectivity index (χ3n) is 7.31. The van der Waals surface area contributed by atoms with Gasteiger partial charge >= 0.3 is 0 Å². The van der Waals surface area contributed by atoms with E-state index in [0.717, 1.165) is 69.1 Å². The highest BCUT2D eigenvalue weighted by Gasteiger charge is 2.37. The Kier molecular flexibility index (Phi) is 7.97. The summed E-state index contributed by atoms with van der Waals surface area (Å²) in [6.07, 6.45) is 4.77. The number of thiophene rings is 2. The Morgan fingerprint density at radius 2 is 1.94 bits per heavy atom. The number of carbonyl (C=O) groups excluding carboxylic acids is 2. The van der Waals surface area contributed by atoms with Crippen LogP contribution in [0.3, 0.4) is 0 Å². The lowest BCUT2D eigenvalue weighted by atomic mass is 10.1. The molecule has 0 unspecified atom stereocenters. The molecule has 2 fully saturated rings. The van der Waals surface area contributed by atoms with Gasteiger partial charge in [-0.2, -0.15) is 5.10 Å². The fraction of sp³-hybridized carbons (Fsp3) is 0.577. The average molecular weight is 515 g/mol. The number of carbonyl (C=O) groups is 2. The van der Waals surface area contributed by atoms with Gasteiger partial charge < -0.3 is 9.64 Å². The Balaban J connectivity index is 1.34. The number of ether oxygens (including phenoxy) is 1. The fourth-order valence-corrected chi connectivity index (χ4v) is 7.02. The number of hydrogen-bond acceptors (Lipinski definition) is 7. The first kappa shape index (κ1) is 24.6. The van der Waals surface area contributed by atoms with Crippen molar-refractivity contribution in [1.29, 1.82) is 0 Å². The number of nitrogens with zero attached hydrogens (tertiary/aromatic N) is 4. The molecule has 1 atom stereocenters. The number of aryl methyl sites for hydroxylation is 1. The molecule has 9 heteroatoms. The summed E-state index contributed by atoms with van der Waals surface area (Å²) in [6, 6.07) is 6.08. The molecular formula is C26H34N4O3S2. The summed E-state index contributed by atoms with van der Waals surface area (Å²) in [6.45, 7) is 6.72. The number of hydrogen-bond donors (Lipinski definition) is 0. The molecule has 7 nitrogen and oxygen atoms in total. The van der Waals surface area contributed by atoms with E-state index in [4.69, 9.17) is 9.84 Å². The highest BCUT2D eigenvalue weighted by molar-refractivity contribution is 7.12. The summed E-state index contributed by atoms with van der Waals surface area (Å²) in [5.41, 5.74) is 2.14. The summed E-state index contributed by atoms with van der Waals surface area (Å²) in [4.78, 5) is 33.6. The van der Waals surface area contributed by atoms with Crippen LogP contribution < -0.4 is 0 Å². The van der Waals surface area contributed by atoms with E-state index in [0.29, 0.717) is 13.0 Å². The lowest BCUT2D eigenvalue weighted by Crippen LogP contribution is -2.47. The van der Waals surface area contributed by atoms with Crippen molar-refractivity contribution in [1.82, 2.24) is 14.8 Å². The van der Waals surface area contributed by atoms with Crippen LogP contribution in [0.15, 0.2) is 34.1 Å². The van der Waals surface area contributed by atoms with Crippen molar-refractivity contribution >= 4 is 40.2 Å². The minimum atomic E-state index is -0.109. The minimum Gasteiger partial charge on any atom is -0.379 e. The van der Waals surface area contributed by atoms with E-state index in [9.17, 15) is 9.59 Å². The van der Waals surface area contributed by atoms with Crippen LogP contribution in [0.4, 0.5) is 0 Å². The van der Waals surface area contributed by atoms with Crippen LogP contribution in [0.25, 0.3) is 0 Å². The predicted octanol–water partition coefficient (Wildman–Crippen LogP) is 4.15. The first-order valence-corrected chi connectivity index (χ1v) is 14.4. The molecule has 2 amide bonds. The number of morpholine rings is 1. The highest BCUT2D eigenvalue weighted by Crippen LogP contribution is 2.38. The summed E-state index contributed by atoms with van der Waals surface area (Å²) in [5.74, 6) is 0.0869. The molecule has 0 N–H and O–H groups in total. The van der Waals surface area contributed by atoms with Crippen molar-refractivity contribution in [3.05, 3.63) is 44.3 Å². The highest BCUT2D eigenvalue weighted by atomic mass is 32.1. The van der Waals surface area contributed by atoms with Gasteiger partial charge in [0.15, 0.2) is 0 Å². The Morgan fingerprint density at radius 3 is 2.63 bits per heavy atom. The standard InChI is InChI=1S/C26H34N4O3S2/c1-19-8-16-35-25(19)22-17-21(23-7-4-15-34-23)27-30(22)24(31)18-29(26(32)20-5-2-3-6-20)10-9-28-11-13-33-14-12-28/h4,7-8,15-16,20,22H,2-3,5-6,9-14,17-18H2,1H3/t22-/m1/s1.